The monoisotopic (exact) mass is 283 g/mol. The molecule has 0 aromatic heterocycles. The first-order valence-electron chi connectivity index (χ1n) is 7.49. The molecular formula is C15H22ClNO2. The number of amides is 2. The molecule has 4 rings (SSSR count). The first-order chi connectivity index (χ1) is 9.10. The number of imide groups is 1. The number of carbonyl (C=O) groups excluding carboxylic acids is 2. The summed E-state index contributed by atoms with van der Waals surface area (Å²) >= 11 is 5.36. The van der Waals surface area contributed by atoms with Crippen molar-refractivity contribution in [3.05, 3.63) is 0 Å². The molecule has 106 valence electrons. The Labute approximate surface area is 119 Å². The van der Waals surface area contributed by atoms with Crippen LogP contribution in [0.1, 0.15) is 51.4 Å². The normalized spacial score (nSPS) is 38.7. The van der Waals surface area contributed by atoms with E-state index in [-0.39, 0.29) is 17.7 Å². The van der Waals surface area contributed by atoms with E-state index in [0.29, 0.717) is 11.8 Å². The van der Waals surface area contributed by atoms with Gasteiger partial charge in [0.05, 0.1) is 0 Å². The van der Waals surface area contributed by atoms with Gasteiger partial charge in [-0.25, -0.2) is 0 Å². The molecule has 4 saturated carbocycles. The van der Waals surface area contributed by atoms with Gasteiger partial charge in [0, 0.05) is 6.42 Å². The van der Waals surface area contributed by atoms with Crippen LogP contribution in [0.3, 0.4) is 0 Å². The van der Waals surface area contributed by atoms with Crippen LogP contribution in [-0.4, -0.2) is 17.7 Å². The quantitative estimate of drug-likeness (QED) is 0.789. The second-order valence-corrected chi connectivity index (χ2v) is 7.20. The molecule has 19 heavy (non-hydrogen) atoms. The summed E-state index contributed by atoms with van der Waals surface area (Å²) in [6, 6.07) is 0. The zero-order valence-electron chi connectivity index (χ0n) is 11.3. The number of carbonyl (C=O) groups is 2. The van der Waals surface area contributed by atoms with Crippen molar-refractivity contribution in [2.75, 3.05) is 5.88 Å². The molecule has 2 amide bonds. The first kappa shape index (κ1) is 13.4. The molecule has 0 saturated heterocycles. The van der Waals surface area contributed by atoms with Crippen molar-refractivity contribution >= 4 is 23.4 Å². The van der Waals surface area contributed by atoms with E-state index in [9.17, 15) is 9.59 Å². The number of rotatable bonds is 5. The van der Waals surface area contributed by atoms with Crippen molar-refractivity contribution < 1.29 is 9.59 Å². The van der Waals surface area contributed by atoms with Crippen molar-refractivity contribution in [3.63, 3.8) is 0 Å². The van der Waals surface area contributed by atoms with Gasteiger partial charge in [-0.2, -0.15) is 0 Å². The fraction of sp³-hybridized carbons (Fsp3) is 0.867. The van der Waals surface area contributed by atoms with Gasteiger partial charge in [0.2, 0.25) is 11.8 Å². The number of hydrogen-bond acceptors (Lipinski definition) is 2. The van der Waals surface area contributed by atoms with E-state index in [4.69, 9.17) is 11.6 Å². The van der Waals surface area contributed by atoms with Gasteiger partial charge in [-0.15, -0.1) is 11.6 Å². The SMILES string of the molecule is O=C(CCl)NC(=O)CCCC12CC3CC(C1)C(C3)C2. The Bertz CT molecular complexity index is 376. The Hall–Kier alpha value is -0.570. The van der Waals surface area contributed by atoms with E-state index in [1.807, 2.05) is 0 Å². The largest absolute Gasteiger partial charge is 0.295 e. The fourth-order valence-corrected chi connectivity index (χ4v) is 5.23. The van der Waals surface area contributed by atoms with Gasteiger partial charge in [0.15, 0.2) is 0 Å². The van der Waals surface area contributed by atoms with E-state index in [2.05, 4.69) is 5.32 Å². The molecule has 4 fully saturated rings. The molecule has 0 heterocycles. The van der Waals surface area contributed by atoms with Crippen LogP contribution >= 0.6 is 11.6 Å². The molecule has 4 aliphatic rings. The van der Waals surface area contributed by atoms with E-state index >= 15 is 0 Å². The van der Waals surface area contributed by atoms with Gasteiger partial charge >= 0.3 is 0 Å². The van der Waals surface area contributed by atoms with Crippen LogP contribution < -0.4 is 5.32 Å². The van der Waals surface area contributed by atoms with E-state index < -0.39 is 0 Å². The van der Waals surface area contributed by atoms with Crippen LogP contribution in [0, 0.1) is 23.2 Å². The van der Waals surface area contributed by atoms with Gasteiger partial charge in [-0.3, -0.25) is 14.9 Å². The Balaban J connectivity index is 1.44. The highest BCUT2D eigenvalue weighted by molar-refractivity contribution is 6.28. The average molecular weight is 284 g/mol. The first-order valence-corrected chi connectivity index (χ1v) is 8.02. The summed E-state index contributed by atoms with van der Waals surface area (Å²) in [4.78, 5) is 22.5. The van der Waals surface area contributed by atoms with E-state index in [0.717, 1.165) is 24.2 Å². The van der Waals surface area contributed by atoms with Crippen LogP contribution in [0.2, 0.25) is 0 Å². The van der Waals surface area contributed by atoms with E-state index in [1.165, 1.54) is 38.5 Å². The Kier molecular flexibility index (Phi) is 3.59. The van der Waals surface area contributed by atoms with Gasteiger partial charge in [-0.05, 0) is 68.1 Å². The summed E-state index contributed by atoms with van der Waals surface area (Å²) in [5.41, 5.74) is 0.549. The van der Waals surface area contributed by atoms with Gasteiger partial charge in [0.25, 0.3) is 0 Å². The molecule has 2 unspecified atom stereocenters. The number of hydrogen-bond donors (Lipinski definition) is 1. The molecular weight excluding hydrogens is 262 g/mol. The third-order valence-corrected chi connectivity index (χ3v) is 5.80. The molecule has 0 aliphatic heterocycles. The molecule has 4 bridgehead atoms. The highest BCUT2D eigenvalue weighted by Gasteiger charge is 2.55. The minimum Gasteiger partial charge on any atom is -0.295 e. The molecule has 2 atom stereocenters. The molecule has 0 spiro atoms. The summed E-state index contributed by atoms with van der Waals surface area (Å²) < 4.78 is 0. The van der Waals surface area contributed by atoms with Crippen molar-refractivity contribution in [2.24, 2.45) is 23.2 Å². The molecule has 1 N–H and O–H groups in total. The summed E-state index contributed by atoms with van der Waals surface area (Å²) in [5, 5.41) is 2.32. The zero-order valence-corrected chi connectivity index (χ0v) is 12.0. The lowest BCUT2D eigenvalue weighted by Gasteiger charge is -2.38. The van der Waals surface area contributed by atoms with Crippen molar-refractivity contribution in [3.8, 4) is 0 Å². The number of nitrogens with one attached hydrogen (secondary N) is 1. The third-order valence-electron chi connectivity index (χ3n) is 5.56. The van der Waals surface area contributed by atoms with Crippen molar-refractivity contribution in [1.82, 2.24) is 5.32 Å². The second-order valence-electron chi connectivity index (χ2n) is 6.93. The maximum atomic E-state index is 11.5. The fourth-order valence-electron chi connectivity index (χ4n) is 5.16. The minimum absolute atomic E-state index is 0.138. The smallest absolute Gasteiger partial charge is 0.241 e. The second kappa shape index (κ2) is 5.08. The number of alkyl halides is 1. The van der Waals surface area contributed by atoms with Gasteiger partial charge in [-0.1, -0.05) is 0 Å². The zero-order chi connectivity index (χ0) is 13.5. The maximum Gasteiger partial charge on any atom is 0.241 e. The van der Waals surface area contributed by atoms with Crippen LogP contribution in [0.25, 0.3) is 0 Å². The molecule has 0 aromatic rings. The molecule has 3 nitrogen and oxygen atoms in total. The Morgan fingerprint density at radius 2 is 1.79 bits per heavy atom. The lowest BCUT2D eigenvalue weighted by Crippen LogP contribution is -2.32. The van der Waals surface area contributed by atoms with Crippen molar-refractivity contribution in [2.45, 2.75) is 51.4 Å². The summed E-state index contributed by atoms with van der Waals surface area (Å²) in [5.74, 6) is 2.27. The maximum absolute atomic E-state index is 11.5. The lowest BCUT2D eigenvalue weighted by atomic mass is 9.67. The molecule has 4 aliphatic carbocycles. The van der Waals surface area contributed by atoms with Gasteiger partial charge in [0.1, 0.15) is 5.88 Å². The Morgan fingerprint density at radius 3 is 2.37 bits per heavy atom. The predicted octanol–water partition coefficient (Wildman–Crippen LogP) is 2.86. The van der Waals surface area contributed by atoms with Crippen LogP contribution in [0.15, 0.2) is 0 Å². The Morgan fingerprint density at radius 1 is 1.11 bits per heavy atom. The number of halogens is 1. The van der Waals surface area contributed by atoms with E-state index in [1.54, 1.807) is 0 Å². The summed E-state index contributed by atoms with van der Waals surface area (Å²) in [6.45, 7) is 0. The third kappa shape index (κ3) is 2.67. The standard InChI is InChI=1S/C15H22ClNO2/c16-9-14(19)17-13(18)2-1-3-15-6-10-4-11(7-15)12(5-10)8-15/h10-12H,1-9H2,(H,17,18,19). The minimum atomic E-state index is -0.385. The highest BCUT2D eigenvalue weighted by atomic mass is 35.5. The summed E-state index contributed by atoms with van der Waals surface area (Å²) in [6.07, 6.45) is 9.67. The predicted molar refractivity (Wildman–Crippen MR) is 73.7 cm³/mol. The van der Waals surface area contributed by atoms with Crippen LogP contribution in [0.5, 0.6) is 0 Å². The molecule has 0 aromatic carbocycles. The van der Waals surface area contributed by atoms with Crippen LogP contribution in [0.4, 0.5) is 0 Å². The average Bonchev–Trinajstić information content (AvgIpc) is 2.76. The van der Waals surface area contributed by atoms with Crippen LogP contribution in [-0.2, 0) is 9.59 Å². The van der Waals surface area contributed by atoms with Gasteiger partial charge < -0.3 is 0 Å². The topological polar surface area (TPSA) is 46.2 Å². The highest BCUT2D eigenvalue weighted by Crippen LogP contribution is 2.65. The lowest BCUT2D eigenvalue weighted by molar-refractivity contribution is -0.129. The van der Waals surface area contributed by atoms with Crippen molar-refractivity contribution in [1.29, 1.82) is 0 Å². The molecule has 4 heteroatoms. The summed E-state index contributed by atoms with van der Waals surface area (Å²) in [7, 11) is 0. The molecule has 0 radical (unpaired) electrons.